The highest BCUT2D eigenvalue weighted by Crippen LogP contribution is 2.49. The maximum atomic E-state index is 9.20. The number of hydrogen-bond donors (Lipinski definition) is 1. The molecule has 3 atom stereocenters. The second-order valence-electron chi connectivity index (χ2n) is 5.28. The van der Waals surface area contributed by atoms with Crippen molar-refractivity contribution in [1.29, 1.82) is 0 Å². The van der Waals surface area contributed by atoms with E-state index in [1.807, 2.05) is 24.3 Å². The van der Waals surface area contributed by atoms with E-state index in [4.69, 9.17) is 4.42 Å². The molecule has 2 aliphatic carbocycles. The number of nitrogens with zero attached hydrogens (tertiary/aromatic N) is 2. The van der Waals surface area contributed by atoms with Crippen LogP contribution in [0.4, 0.5) is 0 Å². The summed E-state index contributed by atoms with van der Waals surface area (Å²) >= 11 is 1.60. The van der Waals surface area contributed by atoms with Crippen LogP contribution in [0.5, 0.6) is 0 Å². The van der Waals surface area contributed by atoms with Crippen LogP contribution in [-0.2, 0) is 0 Å². The molecule has 2 aromatic rings. The van der Waals surface area contributed by atoms with Crippen LogP contribution in [0.25, 0.3) is 11.1 Å². The molecule has 1 N–H and O–H groups in total. The minimum absolute atomic E-state index is 0.233. The SMILES string of the molecule is O/N=C1/C2CCC(C2)C1Sc1nc2ccccc2o1. The topological polar surface area (TPSA) is 58.6 Å². The number of rotatable bonds is 2. The normalized spacial score (nSPS) is 31.6. The Morgan fingerprint density at radius 2 is 2.21 bits per heavy atom. The van der Waals surface area contributed by atoms with Crippen molar-refractivity contribution in [2.45, 2.75) is 29.7 Å². The zero-order valence-electron chi connectivity index (χ0n) is 10.3. The van der Waals surface area contributed by atoms with Gasteiger partial charge >= 0.3 is 0 Å². The third-order valence-corrected chi connectivity index (χ3v) is 5.49. The number of hydrogen-bond acceptors (Lipinski definition) is 5. The fourth-order valence-corrected chi connectivity index (χ4v) is 4.65. The largest absolute Gasteiger partial charge is 0.431 e. The van der Waals surface area contributed by atoms with Crippen LogP contribution in [-0.4, -0.2) is 21.2 Å². The molecule has 2 saturated carbocycles. The van der Waals surface area contributed by atoms with Crippen LogP contribution in [0.3, 0.4) is 0 Å². The van der Waals surface area contributed by atoms with Crippen molar-refractivity contribution >= 4 is 28.6 Å². The summed E-state index contributed by atoms with van der Waals surface area (Å²) in [6, 6.07) is 7.77. The van der Waals surface area contributed by atoms with Gasteiger partial charge in [-0.25, -0.2) is 4.98 Å². The van der Waals surface area contributed by atoms with Crippen molar-refractivity contribution in [2.75, 3.05) is 0 Å². The lowest BCUT2D eigenvalue weighted by Gasteiger charge is -2.20. The Hall–Kier alpha value is -1.49. The summed E-state index contributed by atoms with van der Waals surface area (Å²) in [5.74, 6) is 1.08. The van der Waals surface area contributed by atoms with Gasteiger partial charge in [-0.3, -0.25) is 0 Å². The number of aromatic nitrogens is 1. The van der Waals surface area contributed by atoms with Gasteiger partial charge in [0.05, 0.1) is 11.0 Å². The molecule has 98 valence electrons. The van der Waals surface area contributed by atoms with Crippen LogP contribution in [0.2, 0.25) is 0 Å². The molecule has 2 aliphatic rings. The lowest BCUT2D eigenvalue weighted by molar-refractivity contribution is 0.314. The molecule has 5 heteroatoms. The van der Waals surface area contributed by atoms with Gasteiger partial charge in [-0.1, -0.05) is 29.1 Å². The Morgan fingerprint density at radius 1 is 1.32 bits per heavy atom. The van der Waals surface area contributed by atoms with E-state index in [1.165, 1.54) is 6.42 Å². The van der Waals surface area contributed by atoms with Gasteiger partial charge < -0.3 is 9.62 Å². The fraction of sp³-hybridized carbons (Fsp3) is 0.429. The number of oxazole rings is 1. The molecule has 0 aliphatic heterocycles. The molecular formula is C14H14N2O2S. The summed E-state index contributed by atoms with van der Waals surface area (Å²) in [5, 5.41) is 13.6. The first kappa shape index (κ1) is 11.3. The molecule has 0 radical (unpaired) electrons. The molecule has 0 spiro atoms. The molecule has 2 fully saturated rings. The summed E-state index contributed by atoms with van der Waals surface area (Å²) in [5.41, 5.74) is 2.63. The Labute approximate surface area is 114 Å². The van der Waals surface area contributed by atoms with E-state index in [-0.39, 0.29) is 5.25 Å². The maximum absolute atomic E-state index is 9.20. The van der Waals surface area contributed by atoms with Crippen LogP contribution in [0.15, 0.2) is 39.1 Å². The number of benzene rings is 1. The van der Waals surface area contributed by atoms with Crippen molar-refractivity contribution < 1.29 is 9.62 Å². The Morgan fingerprint density at radius 3 is 3.05 bits per heavy atom. The first-order chi connectivity index (χ1) is 9.35. The van der Waals surface area contributed by atoms with Crippen LogP contribution < -0.4 is 0 Å². The van der Waals surface area contributed by atoms with Gasteiger partial charge in [-0.15, -0.1) is 0 Å². The molecule has 1 heterocycles. The van der Waals surface area contributed by atoms with E-state index < -0.39 is 0 Å². The summed E-state index contributed by atoms with van der Waals surface area (Å²) in [4.78, 5) is 4.49. The average molecular weight is 274 g/mol. The molecule has 19 heavy (non-hydrogen) atoms. The predicted molar refractivity (Wildman–Crippen MR) is 73.7 cm³/mol. The van der Waals surface area contributed by atoms with Gasteiger partial charge in [-0.05, 0) is 37.3 Å². The quantitative estimate of drug-likeness (QED) is 0.672. The van der Waals surface area contributed by atoms with Gasteiger partial charge in [0.2, 0.25) is 0 Å². The number of thioether (sulfide) groups is 1. The van der Waals surface area contributed by atoms with Gasteiger partial charge in [0, 0.05) is 5.92 Å². The lowest BCUT2D eigenvalue weighted by Crippen LogP contribution is -2.24. The summed E-state index contributed by atoms with van der Waals surface area (Å²) < 4.78 is 5.75. The highest BCUT2D eigenvalue weighted by atomic mass is 32.2. The molecule has 0 amide bonds. The minimum Gasteiger partial charge on any atom is -0.431 e. The molecule has 0 saturated heterocycles. The van der Waals surface area contributed by atoms with E-state index in [1.54, 1.807) is 11.8 Å². The predicted octanol–water partition coefficient (Wildman–Crippen LogP) is 3.55. The van der Waals surface area contributed by atoms with Gasteiger partial charge in [0.1, 0.15) is 5.52 Å². The van der Waals surface area contributed by atoms with E-state index in [9.17, 15) is 5.21 Å². The van der Waals surface area contributed by atoms with Crippen molar-refractivity contribution in [3.8, 4) is 0 Å². The highest BCUT2D eigenvalue weighted by Gasteiger charge is 2.46. The van der Waals surface area contributed by atoms with E-state index in [0.29, 0.717) is 17.1 Å². The molecule has 2 bridgehead atoms. The first-order valence-electron chi connectivity index (χ1n) is 6.59. The molecule has 4 nitrogen and oxygen atoms in total. The minimum atomic E-state index is 0.233. The van der Waals surface area contributed by atoms with Crippen LogP contribution in [0.1, 0.15) is 19.3 Å². The second-order valence-corrected chi connectivity index (χ2v) is 6.37. The van der Waals surface area contributed by atoms with Crippen molar-refractivity contribution in [2.24, 2.45) is 17.0 Å². The molecule has 4 rings (SSSR count). The number of oxime groups is 1. The summed E-state index contributed by atoms with van der Waals surface area (Å²) in [7, 11) is 0. The highest BCUT2D eigenvalue weighted by molar-refractivity contribution is 8.00. The van der Waals surface area contributed by atoms with Gasteiger partial charge in [0.15, 0.2) is 5.58 Å². The standard InChI is InChI=1S/C14H14N2O2S/c17-16-12-8-5-6-9(7-8)13(12)19-14-15-10-3-1-2-4-11(10)18-14/h1-4,8-9,13,17H,5-7H2/b16-12-. The zero-order chi connectivity index (χ0) is 12.8. The zero-order valence-corrected chi connectivity index (χ0v) is 11.1. The lowest BCUT2D eigenvalue weighted by atomic mass is 9.98. The monoisotopic (exact) mass is 274 g/mol. The first-order valence-corrected chi connectivity index (χ1v) is 7.47. The van der Waals surface area contributed by atoms with E-state index >= 15 is 0 Å². The van der Waals surface area contributed by atoms with Gasteiger partial charge in [0.25, 0.3) is 5.22 Å². The Kier molecular flexibility index (Phi) is 2.55. The van der Waals surface area contributed by atoms with Crippen LogP contribution >= 0.6 is 11.8 Å². The summed E-state index contributed by atoms with van der Waals surface area (Å²) in [6.07, 6.45) is 3.54. The van der Waals surface area contributed by atoms with Crippen LogP contribution in [0, 0.1) is 11.8 Å². The maximum Gasteiger partial charge on any atom is 0.257 e. The Balaban J connectivity index is 1.64. The van der Waals surface area contributed by atoms with E-state index in [2.05, 4.69) is 10.1 Å². The van der Waals surface area contributed by atoms with Crippen molar-refractivity contribution in [3.05, 3.63) is 24.3 Å². The number of fused-ring (bicyclic) bond motifs is 3. The third-order valence-electron chi connectivity index (χ3n) is 4.23. The molecule has 1 aromatic carbocycles. The molecule has 1 aromatic heterocycles. The van der Waals surface area contributed by atoms with E-state index in [0.717, 1.165) is 29.7 Å². The Bertz CT molecular complexity index is 619. The van der Waals surface area contributed by atoms with Gasteiger partial charge in [-0.2, -0.15) is 0 Å². The van der Waals surface area contributed by atoms with Crippen molar-refractivity contribution in [1.82, 2.24) is 4.98 Å². The smallest absolute Gasteiger partial charge is 0.257 e. The second kappa shape index (κ2) is 4.27. The fourth-order valence-electron chi connectivity index (χ4n) is 3.34. The summed E-state index contributed by atoms with van der Waals surface area (Å²) in [6.45, 7) is 0. The van der Waals surface area contributed by atoms with Crippen molar-refractivity contribution in [3.63, 3.8) is 0 Å². The average Bonchev–Trinajstić information content (AvgIpc) is 3.11. The molecule has 3 unspecified atom stereocenters. The molecular weight excluding hydrogens is 260 g/mol. The number of para-hydroxylation sites is 2. The third kappa shape index (κ3) is 1.75.